The average Bonchev–Trinajstić information content (AvgIpc) is 3.16. The number of carbonyl (C=O) groups excluding carboxylic acids is 1. The first kappa shape index (κ1) is 18.7. The maximum absolute atomic E-state index is 11.6. The molecule has 2 aromatic rings. The molecule has 1 heterocycles. The minimum absolute atomic E-state index is 0.0484. The lowest BCUT2D eigenvalue weighted by Crippen LogP contribution is -2.24. The number of Topliss-reactive ketones (excluding diaryl/α,β-unsaturated/α-hetero) is 1. The quantitative estimate of drug-likeness (QED) is 0.431. The molecule has 1 atom stereocenters. The monoisotopic (exact) mass is 370 g/mol. The fourth-order valence-corrected chi connectivity index (χ4v) is 3.60. The van der Waals surface area contributed by atoms with Gasteiger partial charge in [-0.1, -0.05) is 0 Å². The fraction of sp³-hybridized carbons (Fsp3) is 0.350. The van der Waals surface area contributed by atoms with Gasteiger partial charge in [0, 0.05) is 29.8 Å². The summed E-state index contributed by atoms with van der Waals surface area (Å²) in [7, 11) is 3.19. The van der Waals surface area contributed by atoms with Crippen LogP contribution in [0.5, 0.6) is 11.5 Å². The van der Waals surface area contributed by atoms with Crippen LogP contribution in [0.1, 0.15) is 41.7 Å². The van der Waals surface area contributed by atoms with Crippen LogP contribution in [0.4, 0.5) is 11.4 Å². The third-order valence-electron chi connectivity index (χ3n) is 4.94. The normalized spacial score (nSPS) is 16.3. The van der Waals surface area contributed by atoms with Crippen molar-refractivity contribution >= 4 is 17.2 Å². The van der Waals surface area contributed by atoms with Crippen LogP contribution in [0, 0.1) is 10.1 Å². The van der Waals surface area contributed by atoms with E-state index >= 15 is 0 Å². The summed E-state index contributed by atoms with van der Waals surface area (Å²) in [5.74, 6) is 1.19. The third-order valence-corrected chi connectivity index (χ3v) is 4.94. The number of rotatable bonds is 6. The van der Waals surface area contributed by atoms with Gasteiger partial charge in [-0.05, 0) is 44.0 Å². The Morgan fingerprint density at radius 3 is 2.59 bits per heavy atom. The van der Waals surface area contributed by atoms with Crippen molar-refractivity contribution in [2.75, 3.05) is 25.7 Å². The molecular weight excluding hydrogens is 348 g/mol. The summed E-state index contributed by atoms with van der Waals surface area (Å²) in [4.78, 5) is 24.8. The van der Waals surface area contributed by atoms with Crippen molar-refractivity contribution in [2.24, 2.45) is 0 Å². The molecule has 0 amide bonds. The second kappa shape index (κ2) is 7.65. The van der Waals surface area contributed by atoms with Gasteiger partial charge in [0.1, 0.15) is 17.2 Å². The molecule has 142 valence electrons. The number of nitro benzene ring substituents is 1. The Bertz CT molecular complexity index is 881. The molecule has 2 aromatic carbocycles. The SMILES string of the molecule is COc1ccc([C@H]2CCCN2c2ccc(C(C)=O)cc2[N+](=O)[O-])c(OC)c1. The highest BCUT2D eigenvalue weighted by molar-refractivity contribution is 5.95. The summed E-state index contributed by atoms with van der Waals surface area (Å²) in [5, 5.41) is 11.6. The van der Waals surface area contributed by atoms with Crippen molar-refractivity contribution in [1.82, 2.24) is 0 Å². The second-order valence-electron chi connectivity index (χ2n) is 6.48. The maximum atomic E-state index is 11.6. The lowest BCUT2D eigenvalue weighted by Gasteiger charge is -2.28. The third kappa shape index (κ3) is 3.58. The predicted molar refractivity (Wildman–Crippen MR) is 102 cm³/mol. The van der Waals surface area contributed by atoms with Crippen LogP contribution in [0.3, 0.4) is 0 Å². The molecule has 0 spiro atoms. The zero-order valence-corrected chi connectivity index (χ0v) is 15.6. The molecule has 0 N–H and O–H groups in total. The predicted octanol–water partition coefficient (Wildman–Crippen LogP) is 4.16. The van der Waals surface area contributed by atoms with Gasteiger partial charge in [-0.3, -0.25) is 14.9 Å². The van der Waals surface area contributed by atoms with E-state index in [9.17, 15) is 14.9 Å². The number of benzene rings is 2. The van der Waals surface area contributed by atoms with E-state index in [0.717, 1.165) is 18.4 Å². The summed E-state index contributed by atoms with van der Waals surface area (Å²) in [6.45, 7) is 2.10. The number of methoxy groups -OCH3 is 2. The molecular formula is C20H22N2O5. The summed E-state index contributed by atoms with van der Waals surface area (Å²) >= 11 is 0. The van der Waals surface area contributed by atoms with E-state index in [4.69, 9.17) is 9.47 Å². The van der Waals surface area contributed by atoms with Crippen molar-refractivity contribution in [3.8, 4) is 11.5 Å². The summed E-state index contributed by atoms with van der Waals surface area (Å²) in [5.41, 5.74) is 1.76. The van der Waals surface area contributed by atoms with Gasteiger partial charge in [-0.15, -0.1) is 0 Å². The molecule has 0 unspecified atom stereocenters. The van der Waals surface area contributed by atoms with Crippen LogP contribution in [0.15, 0.2) is 36.4 Å². The van der Waals surface area contributed by atoms with Crippen LogP contribution in [-0.2, 0) is 0 Å². The molecule has 0 saturated carbocycles. The van der Waals surface area contributed by atoms with Gasteiger partial charge in [-0.2, -0.15) is 0 Å². The fourth-order valence-electron chi connectivity index (χ4n) is 3.60. The molecule has 0 radical (unpaired) electrons. The van der Waals surface area contributed by atoms with Crippen molar-refractivity contribution in [3.63, 3.8) is 0 Å². The van der Waals surface area contributed by atoms with Crippen molar-refractivity contribution in [2.45, 2.75) is 25.8 Å². The lowest BCUT2D eigenvalue weighted by molar-refractivity contribution is -0.384. The van der Waals surface area contributed by atoms with Crippen LogP contribution in [0.2, 0.25) is 0 Å². The van der Waals surface area contributed by atoms with Crippen LogP contribution in [0.25, 0.3) is 0 Å². The van der Waals surface area contributed by atoms with E-state index in [1.165, 1.54) is 13.0 Å². The molecule has 1 fully saturated rings. The van der Waals surface area contributed by atoms with E-state index in [-0.39, 0.29) is 17.5 Å². The lowest BCUT2D eigenvalue weighted by atomic mass is 10.0. The Labute approximate surface area is 157 Å². The first-order chi connectivity index (χ1) is 13.0. The number of ketones is 1. The number of ether oxygens (including phenoxy) is 2. The summed E-state index contributed by atoms with van der Waals surface area (Å²) in [6, 6.07) is 10.2. The van der Waals surface area contributed by atoms with Crippen molar-refractivity contribution in [3.05, 3.63) is 57.6 Å². The molecule has 0 aliphatic carbocycles. The number of nitro groups is 1. The highest BCUT2D eigenvalue weighted by Gasteiger charge is 2.33. The number of hydrogen-bond donors (Lipinski definition) is 0. The maximum Gasteiger partial charge on any atom is 0.293 e. The van der Waals surface area contributed by atoms with Crippen molar-refractivity contribution in [1.29, 1.82) is 0 Å². The number of anilines is 1. The Morgan fingerprint density at radius 2 is 1.96 bits per heavy atom. The van der Waals surface area contributed by atoms with Crippen LogP contribution < -0.4 is 14.4 Å². The van der Waals surface area contributed by atoms with E-state index < -0.39 is 4.92 Å². The van der Waals surface area contributed by atoms with Gasteiger partial charge in [0.25, 0.3) is 5.69 Å². The molecule has 0 bridgehead atoms. The minimum Gasteiger partial charge on any atom is -0.497 e. The van der Waals surface area contributed by atoms with E-state index in [0.29, 0.717) is 29.3 Å². The Kier molecular flexibility index (Phi) is 5.30. The smallest absolute Gasteiger partial charge is 0.293 e. The van der Waals surface area contributed by atoms with Crippen molar-refractivity contribution < 1.29 is 19.2 Å². The minimum atomic E-state index is -0.428. The molecule has 1 aliphatic rings. The average molecular weight is 370 g/mol. The van der Waals surface area contributed by atoms with Gasteiger partial charge in [0.2, 0.25) is 0 Å². The molecule has 1 aliphatic heterocycles. The Hall–Kier alpha value is -3.09. The summed E-state index contributed by atoms with van der Waals surface area (Å²) in [6.07, 6.45) is 1.76. The molecule has 7 nitrogen and oxygen atoms in total. The molecule has 0 aromatic heterocycles. The molecule has 27 heavy (non-hydrogen) atoms. The molecule has 7 heteroatoms. The second-order valence-corrected chi connectivity index (χ2v) is 6.48. The van der Waals surface area contributed by atoms with E-state index in [1.54, 1.807) is 26.4 Å². The van der Waals surface area contributed by atoms with Crippen LogP contribution in [-0.4, -0.2) is 31.5 Å². The largest absolute Gasteiger partial charge is 0.497 e. The van der Waals surface area contributed by atoms with Crippen LogP contribution >= 0.6 is 0 Å². The number of hydrogen-bond acceptors (Lipinski definition) is 6. The highest BCUT2D eigenvalue weighted by Crippen LogP contribution is 2.44. The topological polar surface area (TPSA) is 81.9 Å². The zero-order valence-electron chi connectivity index (χ0n) is 15.6. The van der Waals surface area contributed by atoms with Gasteiger partial charge in [-0.25, -0.2) is 0 Å². The first-order valence-corrected chi connectivity index (χ1v) is 8.74. The van der Waals surface area contributed by atoms with Gasteiger partial charge < -0.3 is 14.4 Å². The highest BCUT2D eigenvalue weighted by atomic mass is 16.6. The first-order valence-electron chi connectivity index (χ1n) is 8.74. The number of nitrogens with zero attached hydrogens (tertiary/aromatic N) is 2. The van der Waals surface area contributed by atoms with Gasteiger partial charge >= 0.3 is 0 Å². The molecule has 3 rings (SSSR count). The van der Waals surface area contributed by atoms with E-state index in [1.807, 2.05) is 23.1 Å². The van der Waals surface area contributed by atoms with Gasteiger partial charge in [0.15, 0.2) is 5.78 Å². The zero-order chi connectivity index (χ0) is 19.6. The number of carbonyl (C=O) groups is 1. The Morgan fingerprint density at radius 1 is 1.19 bits per heavy atom. The Balaban J connectivity index is 2.05. The van der Waals surface area contributed by atoms with Gasteiger partial charge in [0.05, 0.1) is 25.2 Å². The summed E-state index contributed by atoms with van der Waals surface area (Å²) < 4.78 is 10.8. The molecule has 1 saturated heterocycles. The standard InChI is InChI=1S/C20H22N2O5/c1-13(23)14-6-9-18(19(11-14)22(24)25)21-10-4-5-17(21)16-8-7-15(26-2)12-20(16)27-3/h6-9,11-12,17H,4-5,10H2,1-3H3/t17-/m1/s1. The van der Waals surface area contributed by atoms with E-state index in [2.05, 4.69) is 0 Å².